The molecule has 8 heteroatoms. The summed E-state index contributed by atoms with van der Waals surface area (Å²) in [5, 5.41) is 0. The van der Waals surface area contributed by atoms with Crippen LogP contribution >= 0.6 is 0 Å². The van der Waals surface area contributed by atoms with Crippen LogP contribution in [0.4, 0.5) is 9.59 Å². The molecule has 1 amide bonds. The molecular weight excluding hydrogens is 378 g/mol. The third-order valence-corrected chi connectivity index (χ3v) is 3.98. The lowest BCUT2D eigenvalue weighted by atomic mass is 9.78. The number of rotatable bonds is 6. The zero-order valence-electron chi connectivity index (χ0n) is 16.6. The quantitative estimate of drug-likeness (QED) is 0.411. The van der Waals surface area contributed by atoms with E-state index >= 15 is 0 Å². The summed E-state index contributed by atoms with van der Waals surface area (Å²) in [6.07, 6.45) is 5.27. The Morgan fingerprint density at radius 1 is 1.14 bits per heavy atom. The maximum Gasteiger partial charge on any atom is 0.514 e. The van der Waals surface area contributed by atoms with Crippen LogP contribution in [0.2, 0.25) is 0 Å². The molecule has 2 atom stereocenters. The number of hydrogen-bond acceptors (Lipinski definition) is 7. The fraction of sp³-hybridized carbons (Fsp3) is 0.333. The van der Waals surface area contributed by atoms with Crippen molar-refractivity contribution in [2.45, 2.75) is 25.6 Å². The molecule has 0 aliphatic heterocycles. The van der Waals surface area contributed by atoms with Gasteiger partial charge in [0.1, 0.15) is 5.75 Å². The molecule has 0 spiro atoms. The van der Waals surface area contributed by atoms with Gasteiger partial charge in [-0.2, -0.15) is 0 Å². The molecule has 1 aliphatic carbocycles. The maximum atomic E-state index is 13.5. The zero-order valence-corrected chi connectivity index (χ0v) is 16.6. The fourth-order valence-electron chi connectivity index (χ4n) is 2.60. The molecule has 1 radical (unpaired) electrons. The molecule has 0 aromatic heterocycles. The normalized spacial score (nSPS) is 20.1. The molecule has 0 saturated heterocycles. The van der Waals surface area contributed by atoms with Gasteiger partial charge in [-0.15, -0.1) is 0 Å². The van der Waals surface area contributed by atoms with E-state index in [-0.39, 0.29) is 11.3 Å². The Balaban J connectivity index is 2.49. The van der Waals surface area contributed by atoms with Crippen LogP contribution in [0, 0.1) is 5.92 Å². The number of ketones is 1. The minimum atomic E-state index is -1.97. The Kier molecular flexibility index (Phi) is 6.93. The molecule has 1 aliphatic rings. The molecule has 2 unspecified atom stereocenters. The van der Waals surface area contributed by atoms with E-state index in [4.69, 9.17) is 14.2 Å². The van der Waals surface area contributed by atoms with Gasteiger partial charge in [-0.1, -0.05) is 30.4 Å². The average molecular weight is 400 g/mol. The van der Waals surface area contributed by atoms with E-state index in [1.165, 1.54) is 44.5 Å². The SMILES string of the molecule is CC(C)OC(=O)Oc1ccccc1C(=O)C1(OC(=O)N(C)C)C=CC=CC1[C]=O. The first-order chi connectivity index (χ1) is 13.7. The first kappa shape index (κ1) is 21.9. The van der Waals surface area contributed by atoms with Crippen molar-refractivity contribution in [1.29, 1.82) is 0 Å². The van der Waals surface area contributed by atoms with Crippen LogP contribution in [0.15, 0.2) is 48.6 Å². The number of amides is 1. The number of allylic oxidation sites excluding steroid dienone is 2. The van der Waals surface area contributed by atoms with Crippen molar-refractivity contribution in [3.05, 3.63) is 54.1 Å². The summed E-state index contributed by atoms with van der Waals surface area (Å²) in [7, 11) is 2.89. The highest BCUT2D eigenvalue weighted by Gasteiger charge is 2.49. The lowest BCUT2D eigenvalue weighted by molar-refractivity contribution is 0.0174. The largest absolute Gasteiger partial charge is 0.514 e. The molecule has 1 aromatic rings. The molecule has 29 heavy (non-hydrogen) atoms. The molecule has 0 heterocycles. The van der Waals surface area contributed by atoms with Gasteiger partial charge in [-0.25, -0.2) is 9.59 Å². The molecule has 0 bridgehead atoms. The second kappa shape index (κ2) is 9.18. The van der Waals surface area contributed by atoms with Gasteiger partial charge in [0.25, 0.3) is 0 Å². The highest BCUT2D eigenvalue weighted by atomic mass is 16.7. The van der Waals surface area contributed by atoms with Crippen molar-refractivity contribution in [3.63, 3.8) is 0 Å². The van der Waals surface area contributed by atoms with Crippen molar-refractivity contribution in [2.24, 2.45) is 5.92 Å². The number of ether oxygens (including phenoxy) is 3. The Morgan fingerprint density at radius 3 is 2.45 bits per heavy atom. The van der Waals surface area contributed by atoms with Crippen molar-refractivity contribution in [2.75, 3.05) is 14.1 Å². The van der Waals surface area contributed by atoms with Crippen LogP contribution in [0.1, 0.15) is 24.2 Å². The van der Waals surface area contributed by atoms with E-state index < -0.39 is 35.7 Å². The molecule has 153 valence electrons. The number of benzene rings is 1. The lowest BCUT2D eigenvalue weighted by Crippen LogP contribution is -2.50. The molecular formula is C21H22NO7. The molecule has 0 N–H and O–H groups in total. The van der Waals surface area contributed by atoms with Crippen LogP contribution in [0.5, 0.6) is 5.75 Å². The van der Waals surface area contributed by atoms with Crippen molar-refractivity contribution >= 4 is 24.3 Å². The topological polar surface area (TPSA) is 99.2 Å². The minimum Gasteiger partial charge on any atom is -0.431 e. The van der Waals surface area contributed by atoms with Crippen LogP contribution < -0.4 is 4.74 Å². The minimum absolute atomic E-state index is 0.0556. The van der Waals surface area contributed by atoms with Gasteiger partial charge in [-0.3, -0.25) is 9.59 Å². The van der Waals surface area contributed by atoms with Gasteiger partial charge in [0, 0.05) is 14.1 Å². The summed E-state index contributed by atoms with van der Waals surface area (Å²) < 4.78 is 15.6. The van der Waals surface area contributed by atoms with Crippen molar-refractivity contribution in [3.8, 4) is 5.75 Å². The Hall–Kier alpha value is -3.42. The summed E-state index contributed by atoms with van der Waals surface area (Å²) in [5.41, 5.74) is -2.03. The Labute approximate surface area is 168 Å². The van der Waals surface area contributed by atoms with Crippen LogP contribution in [0.3, 0.4) is 0 Å². The van der Waals surface area contributed by atoms with E-state index in [9.17, 15) is 19.2 Å². The number of carbonyl (C=O) groups excluding carboxylic acids is 4. The fourth-order valence-corrected chi connectivity index (χ4v) is 2.60. The van der Waals surface area contributed by atoms with Crippen LogP contribution in [-0.4, -0.2) is 55.0 Å². The third kappa shape index (κ3) is 4.90. The molecule has 2 rings (SSSR count). The predicted molar refractivity (Wildman–Crippen MR) is 103 cm³/mol. The van der Waals surface area contributed by atoms with E-state index in [0.29, 0.717) is 0 Å². The second-order valence-corrected chi connectivity index (χ2v) is 6.74. The number of carbonyl (C=O) groups is 3. The molecule has 8 nitrogen and oxygen atoms in total. The van der Waals surface area contributed by atoms with Gasteiger partial charge < -0.3 is 19.1 Å². The summed E-state index contributed by atoms with van der Waals surface area (Å²) in [6, 6.07) is 5.92. The number of Topliss-reactive ketones (excluding diaryl/α,β-unsaturated/α-hetero) is 1. The van der Waals surface area contributed by atoms with E-state index in [0.717, 1.165) is 4.90 Å². The maximum absolute atomic E-state index is 13.5. The Morgan fingerprint density at radius 2 is 1.83 bits per heavy atom. The van der Waals surface area contributed by atoms with E-state index in [2.05, 4.69) is 0 Å². The molecule has 0 saturated carbocycles. The number of hydrogen-bond donors (Lipinski definition) is 0. The van der Waals surface area contributed by atoms with E-state index in [1.807, 2.05) is 0 Å². The molecule has 0 fully saturated rings. The summed E-state index contributed by atoms with van der Waals surface area (Å²) >= 11 is 0. The van der Waals surface area contributed by atoms with Gasteiger partial charge in [0.15, 0.2) is 0 Å². The van der Waals surface area contributed by atoms with Crippen molar-refractivity contribution in [1.82, 2.24) is 4.90 Å². The van der Waals surface area contributed by atoms with Gasteiger partial charge in [-0.05, 0) is 32.1 Å². The number of para-hydroxylation sites is 1. The second-order valence-electron chi connectivity index (χ2n) is 6.74. The summed E-state index contributed by atoms with van der Waals surface area (Å²) in [5.74, 6) is -2.01. The average Bonchev–Trinajstić information content (AvgIpc) is 2.67. The highest BCUT2D eigenvalue weighted by Crippen LogP contribution is 2.35. The van der Waals surface area contributed by atoms with Gasteiger partial charge in [0.2, 0.25) is 17.7 Å². The first-order valence-electron chi connectivity index (χ1n) is 8.87. The van der Waals surface area contributed by atoms with Crippen LogP contribution in [0.25, 0.3) is 0 Å². The predicted octanol–water partition coefficient (Wildman–Crippen LogP) is 3.08. The Bertz CT molecular complexity index is 856. The third-order valence-electron chi connectivity index (χ3n) is 3.98. The smallest absolute Gasteiger partial charge is 0.431 e. The zero-order chi connectivity index (χ0) is 21.6. The lowest BCUT2D eigenvalue weighted by Gasteiger charge is -2.34. The summed E-state index contributed by atoms with van der Waals surface area (Å²) in [4.78, 5) is 50.3. The van der Waals surface area contributed by atoms with Crippen molar-refractivity contribution < 1.29 is 33.4 Å². The van der Waals surface area contributed by atoms with Gasteiger partial charge in [0.05, 0.1) is 17.6 Å². The van der Waals surface area contributed by atoms with Crippen LogP contribution in [-0.2, 0) is 14.3 Å². The highest BCUT2D eigenvalue weighted by molar-refractivity contribution is 6.09. The monoisotopic (exact) mass is 400 g/mol. The van der Waals surface area contributed by atoms with Gasteiger partial charge >= 0.3 is 12.2 Å². The van der Waals surface area contributed by atoms with E-state index in [1.54, 1.807) is 38.3 Å². The first-order valence-corrected chi connectivity index (χ1v) is 8.87. The molecule has 1 aromatic carbocycles. The summed E-state index contributed by atoms with van der Waals surface area (Å²) in [6.45, 7) is 3.30. The number of nitrogens with zero attached hydrogens (tertiary/aromatic N) is 1. The standard InChI is InChI=1S/C21H22NO7/c1-14(2)27-20(26)28-17-11-6-5-10-16(17)18(24)21(29-19(25)22(3)4)12-8-7-9-15(21)13-23/h5-12,14-15H,1-4H3.